The molecule has 0 saturated carbocycles. The Morgan fingerprint density at radius 3 is 2.05 bits per heavy atom. The van der Waals surface area contributed by atoms with Gasteiger partial charge in [0, 0.05) is 19.5 Å². The molecule has 0 radical (unpaired) electrons. The lowest BCUT2D eigenvalue weighted by Crippen LogP contribution is -2.30. The van der Waals surface area contributed by atoms with Crippen LogP contribution in [0.4, 0.5) is 0 Å². The van der Waals surface area contributed by atoms with E-state index in [1.807, 2.05) is 30.3 Å². The molecule has 3 rings (SSSR count). The summed E-state index contributed by atoms with van der Waals surface area (Å²) in [5.74, 6) is -0.532. The summed E-state index contributed by atoms with van der Waals surface area (Å²) in [6, 6.07) is 26.6. The van der Waals surface area contributed by atoms with Crippen molar-refractivity contribution in [3.8, 4) is 0 Å². The summed E-state index contributed by atoms with van der Waals surface area (Å²) in [5, 5.41) is 0. The average molecular weight is 574 g/mol. The van der Waals surface area contributed by atoms with Crippen molar-refractivity contribution < 1.29 is 23.8 Å². The summed E-state index contributed by atoms with van der Waals surface area (Å²) in [4.78, 5) is 25.9. The maximum Gasteiger partial charge on any atom is 0.337 e. The first-order valence-corrected chi connectivity index (χ1v) is 14.9. The van der Waals surface area contributed by atoms with E-state index in [1.165, 1.54) is 19.8 Å². The van der Waals surface area contributed by atoms with E-state index in [1.54, 1.807) is 12.1 Å². The van der Waals surface area contributed by atoms with Gasteiger partial charge in [0.1, 0.15) is 0 Å². The first kappa shape index (κ1) is 33.0. The maximum absolute atomic E-state index is 11.9. The zero-order valence-corrected chi connectivity index (χ0v) is 25.9. The number of rotatable bonds is 16. The summed E-state index contributed by atoms with van der Waals surface area (Å²) in [5.41, 5.74) is 5.57. The number of methoxy groups -OCH3 is 2. The van der Waals surface area contributed by atoms with Gasteiger partial charge in [0.15, 0.2) is 0 Å². The zero-order chi connectivity index (χ0) is 30.4. The van der Waals surface area contributed by atoms with Crippen LogP contribution >= 0.6 is 0 Å². The summed E-state index contributed by atoms with van der Waals surface area (Å²) in [6.45, 7) is 9.52. The molecule has 0 saturated heterocycles. The van der Waals surface area contributed by atoms with Crippen LogP contribution in [-0.4, -0.2) is 44.1 Å². The van der Waals surface area contributed by atoms with E-state index in [0.717, 1.165) is 48.9 Å². The molecule has 0 aliphatic heterocycles. The molecule has 0 N–H and O–H groups in total. The monoisotopic (exact) mass is 573 g/mol. The standard InChI is InChI=1S/C36H47NO5/c1-36(2,3)23-22-28-14-16-30(17-15-28)27-42-33(31-11-7-6-8-12-31)26-37(24-10-9-13-34(38)40-4)25-29-18-20-32(21-19-29)35(39)41-5/h6-8,11-12,14-21,33H,9-10,13,22-27H2,1-5H3/t33-/m0/s1. The molecule has 6 nitrogen and oxygen atoms in total. The number of esters is 2. The minimum atomic E-state index is -0.346. The molecule has 0 aliphatic carbocycles. The molecule has 0 aromatic heterocycles. The lowest BCUT2D eigenvalue weighted by molar-refractivity contribution is -0.140. The van der Waals surface area contributed by atoms with Crippen molar-refractivity contribution in [2.45, 2.75) is 72.1 Å². The molecule has 6 heteroatoms. The van der Waals surface area contributed by atoms with E-state index in [9.17, 15) is 9.59 Å². The first-order chi connectivity index (χ1) is 20.2. The van der Waals surface area contributed by atoms with Crippen LogP contribution in [0.15, 0.2) is 78.9 Å². The van der Waals surface area contributed by atoms with Crippen LogP contribution in [0.1, 0.15) is 85.2 Å². The van der Waals surface area contributed by atoms with Crippen LogP contribution in [0.5, 0.6) is 0 Å². The van der Waals surface area contributed by atoms with Gasteiger partial charge in [0.25, 0.3) is 0 Å². The topological polar surface area (TPSA) is 65.1 Å². The fourth-order valence-electron chi connectivity index (χ4n) is 4.74. The third-order valence-electron chi connectivity index (χ3n) is 7.35. The van der Waals surface area contributed by atoms with Gasteiger partial charge in [-0.05, 0) is 72.0 Å². The lowest BCUT2D eigenvalue weighted by atomic mass is 9.88. The van der Waals surface area contributed by atoms with E-state index < -0.39 is 0 Å². The van der Waals surface area contributed by atoms with Crippen LogP contribution in [0.2, 0.25) is 0 Å². The number of hydrogen-bond acceptors (Lipinski definition) is 6. The van der Waals surface area contributed by atoms with Gasteiger partial charge in [-0.15, -0.1) is 0 Å². The Kier molecular flexibility index (Phi) is 13.2. The quantitative estimate of drug-likeness (QED) is 0.130. The Balaban J connectivity index is 1.72. The van der Waals surface area contributed by atoms with Crippen molar-refractivity contribution in [1.82, 2.24) is 4.90 Å². The van der Waals surface area contributed by atoms with Crippen molar-refractivity contribution in [1.29, 1.82) is 0 Å². The number of carbonyl (C=O) groups is 2. The maximum atomic E-state index is 11.9. The predicted molar refractivity (Wildman–Crippen MR) is 167 cm³/mol. The molecule has 226 valence electrons. The predicted octanol–water partition coefficient (Wildman–Crippen LogP) is 7.56. The average Bonchev–Trinajstić information content (AvgIpc) is 3.00. The number of nitrogens with zero attached hydrogens (tertiary/aromatic N) is 1. The number of carbonyl (C=O) groups excluding carboxylic acids is 2. The van der Waals surface area contributed by atoms with Crippen LogP contribution in [0.25, 0.3) is 0 Å². The molecule has 0 spiro atoms. The van der Waals surface area contributed by atoms with Gasteiger partial charge in [0.05, 0.1) is 32.5 Å². The molecular formula is C36H47NO5. The Morgan fingerprint density at radius 1 is 0.786 bits per heavy atom. The van der Waals surface area contributed by atoms with Gasteiger partial charge in [-0.2, -0.15) is 0 Å². The molecule has 1 atom stereocenters. The fraction of sp³-hybridized carbons (Fsp3) is 0.444. The molecule has 0 unspecified atom stereocenters. The normalized spacial score (nSPS) is 12.2. The van der Waals surface area contributed by atoms with Crippen LogP contribution in [0, 0.1) is 5.41 Å². The van der Waals surface area contributed by atoms with Gasteiger partial charge in [-0.25, -0.2) is 4.79 Å². The second-order valence-corrected chi connectivity index (χ2v) is 12.0. The van der Waals surface area contributed by atoms with E-state index in [-0.39, 0.29) is 18.0 Å². The van der Waals surface area contributed by atoms with Crippen molar-refractivity contribution in [2.75, 3.05) is 27.3 Å². The summed E-state index contributed by atoms with van der Waals surface area (Å²) < 4.78 is 16.2. The molecule has 0 amide bonds. The molecule has 3 aromatic rings. The molecule has 42 heavy (non-hydrogen) atoms. The Hall–Kier alpha value is -3.48. The number of aryl methyl sites for hydroxylation is 1. The smallest absolute Gasteiger partial charge is 0.337 e. The van der Waals surface area contributed by atoms with E-state index >= 15 is 0 Å². The molecule has 0 fully saturated rings. The van der Waals surface area contributed by atoms with Gasteiger partial charge >= 0.3 is 11.9 Å². The highest BCUT2D eigenvalue weighted by atomic mass is 16.5. The molecule has 3 aromatic carbocycles. The van der Waals surface area contributed by atoms with E-state index in [2.05, 4.69) is 62.1 Å². The Morgan fingerprint density at radius 2 is 1.43 bits per heavy atom. The third-order valence-corrected chi connectivity index (χ3v) is 7.35. The summed E-state index contributed by atoms with van der Waals surface area (Å²) in [6.07, 6.45) is 4.10. The Bertz CT molecular complexity index is 1220. The van der Waals surface area contributed by atoms with Crippen molar-refractivity contribution in [2.24, 2.45) is 5.41 Å². The molecule has 0 heterocycles. The highest BCUT2D eigenvalue weighted by Gasteiger charge is 2.18. The van der Waals surface area contributed by atoms with Gasteiger partial charge in [-0.3, -0.25) is 9.69 Å². The van der Waals surface area contributed by atoms with Crippen LogP contribution in [0.3, 0.4) is 0 Å². The van der Waals surface area contributed by atoms with Crippen molar-refractivity contribution in [3.63, 3.8) is 0 Å². The Labute approximate surface area is 252 Å². The van der Waals surface area contributed by atoms with Gasteiger partial charge < -0.3 is 14.2 Å². The number of ether oxygens (including phenoxy) is 3. The largest absolute Gasteiger partial charge is 0.469 e. The third kappa shape index (κ3) is 11.8. The molecule has 0 bridgehead atoms. The van der Waals surface area contributed by atoms with Crippen LogP contribution < -0.4 is 0 Å². The van der Waals surface area contributed by atoms with Crippen molar-refractivity contribution in [3.05, 3.63) is 107 Å². The SMILES string of the molecule is COC(=O)CCCCN(Cc1ccc(C(=O)OC)cc1)C[C@H](OCc1ccc(CCC(C)(C)C)cc1)c1ccccc1. The molecular weight excluding hydrogens is 526 g/mol. The van der Waals surface area contributed by atoms with Gasteiger partial charge in [0.2, 0.25) is 0 Å². The van der Waals surface area contributed by atoms with E-state index in [0.29, 0.717) is 37.1 Å². The lowest BCUT2D eigenvalue weighted by Gasteiger charge is -2.28. The van der Waals surface area contributed by atoms with Gasteiger partial charge in [-0.1, -0.05) is 87.5 Å². The second-order valence-electron chi connectivity index (χ2n) is 12.0. The number of benzene rings is 3. The zero-order valence-electron chi connectivity index (χ0n) is 25.9. The first-order valence-electron chi connectivity index (χ1n) is 14.9. The summed E-state index contributed by atoms with van der Waals surface area (Å²) >= 11 is 0. The number of unbranched alkanes of at least 4 members (excludes halogenated alkanes) is 1. The van der Waals surface area contributed by atoms with Crippen LogP contribution in [-0.2, 0) is 38.6 Å². The minimum Gasteiger partial charge on any atom is -0.469 e. The highest BCUT2D eigenvalue weighted by Crippen LogP contribution is 2.24. The summed E-state index contributed by atoms with van der Waals surface area (Å²) in [7, 11) is 2.81. The van der Waals surface area contributed by atoms with E-state index in [4.69, 9.17) is 14.2 Å². The second kappa shape index (κ2) is 16.8. The minimum absolute atomic E-state index is 0.137. The fourth-order valence-corrected chi connectivity index (χ4v) is 4.74. The van der Waals surface area contributed by atoms with Crippen molar-refractivity contribution >= 4 is 11.9 Å². The number of hydrogen-bond donors (Lipinski definition) is 0. The highest BCUT2D eigenvalue weighted by molar-refractivity contribution is 5.89. The molecule has 0 aliphatic rings.